The minimum Gasteiger partial charge on any atom is -0.484 e. The molecule has 24 heavy (non-hydrogen) atoms. The van der Waals surface area contributed by atoms with E-state index in [-0.39, 0.29) is 12.5 Å². The third-order valence-electron chi connectivity index (χ3n) is 3.94. The third kappa shape index (κ3) is 5.44. The second-order valence-electron chi connectivity index (χ2n) is 6.41. The van der Waals surface area contributed by atoms with Crippen LogP contribution in [0.5, 0.6) is 5.75 Å². The highest BCUT2D eigenvalue weighted by molar-refractivity contribution is 5.84. The molecule has 1 N–H and O–H groups in total. The van der Waals surface area contributed by atoms with Crippen LogP contribution in [0.3, 0.4) is 0 Å². The van der Waals surface area contributed by atoms with Crippen molar-refractivity contribution < 1.29 is 19.1 Å². The van der Waals surface area contributed by atoms with Crippen LogP contribution in [0.25, 0.3) is 0 Å². The van der Waals surface area contributed by atoms with Crippen molar-refractivity contribution in [1.82, 2.24) is 4.90 Å². The summed E-state index contributed by atoms with van der Waals surface area (Å²) in [4.78, 5) is 25.6. The maximum Gasteiger partial charge on any atom is 0.411 e. The van der Waals surface area contributed by atoms with Crippen LogP contribution >= 0.6 is 0 Å². The van der Waals surface area contributed by atoms with Gasteiger partial charge >= 0.3 is 6.09 Å². The molecular weight excluding hydrogens is 308 g/mol. The molecule has 2 amide bonds. The van der Waals surface area contributed by atoms with Crippen molar-refractivity contribution in [2.45, 2.75) is 27.2 Å². The lowest BCUT2D eigenvalue weighted by Crippen LogP contribution is -2.44. The van der Waals surface area contributed by atoms with E-state index in [1.165, 1.54) is 0 Å². The maximum atomic E-state index is 12.3. The molecule has 0 aliphatic carbocycles. The van der Waals surface area contributed by atoms with Crippen molar-refractivity contribution in [3.05, 3.63) is 24.3 Å². The Hall–Kier alpha value is -2.24. The van der Waals surface area contributed by atoms with Crippen molar-refractivity contribution in [2.24, 2.45) is 11.8 Å². The van der Waals surface area contributed by atoms with Crippen LogP contribution in [0.2, 0.25) is 0 Å². The smallest absolute Gasteiger partial charge is 0.411 e. The molecule has 1 aromatic carbocycles. The number of amides is 2. The van der Waals surface area contributed by atoms with Crippen molar-refractivity contribution in [3.63, 3.8) is 0 Å². The second kappa shape index (κ2) is 8.57. The molecule has 0 bridgehead atoms. The molecule has 1 heterocycles. The average Bonchev–Trinajstić information content (AvgIpc) is 2.52. The van der Waals surface area contributed by atoms with E-state index in [1.54, 1.807) is 31.2 Å². The van der Waals surface area contributed by atoms with Crippen LogP contribution in [0.15, 0.2) is 24.3 Å². The summed E-state index contributed by atoms with van der Waals surface area (Å²) in [6, 6.07) is 6.92. The fourth-order valence-corrected chi connectivity index (χ4v) is 3.05. The molecule has 0 spiro atoms. The number of hydrogen-bond acceptors (Lipinski definition) is 4. The van der Waals surface area contributed by atoms with Gasteiger partial charge in [0.15, 0.2) is 6.61 Å². The first-order chi connectivity index (χ1) is 11.5. The minimum atomic E-state index is -0.512. The van der Waals surface area contributed by atoms with Crippen molar-refractivity contribution in [1.29, 1.82) is 0 Å². The van der Waals surface area contributed by atoms with Crippen molar-refractivity contribution >= 4 is 17.7 Å². The van der Waals surface area contributed by atoms with E-state index < -0.39 is 6.09 Å². The molecule has 1 saturated heterocycles. The monoisotopic (exact) mass is 334 g/mol. The van der Waals surface area contributed by atoms with E-state index in [0.29, 0.717) is 29.9 Å². The van der Waals surface area contributed by atoms with Crippen LogP contribution in [-0.4, -0.2) is 43.2 Å². The Labute approximate surface area is 143 Å². The van der Waals surface area contributed by atoms with Crippen molar-refractivity contribution in [2.75, 3.05) is 31.6 Å². The molecule has 1 aliphatic rings. The van der Waals surface area contributed by atoms with Gasteiger partial charge in [0.05, 0.1) is 6.61 Å². The van der Waals surface area contributed by atoms with Gasteiger partial charge in [0, 0.05) is 24.8 Å². The largest absolute Gasteiger partial charge is 0.484 e. The van der Waals surface area contributed by atoms with Crippen LogP contribution in [0.4, 0.5) is 10.5 Å². The van der Waals surface area contributed by atoms with Gasteiger partial charge in [-0.05, 0) is 37.3 Å². The number of carbonyl (C=O) groups is 2. The molecule has 132 valence electrons. The highest BCUT2D eigenvalue weighted by atomic mass is 16.5. The van der Waals surface area contributed by atoms with Crippen LogP contribution < -0.4 is 10.1 Å². The van der Waals surface area contributed by atoms with E-state index >= 15 is 0 Å². The summed E-state index contributed by atoms with van der Waals surface area (Å²) in [5.41, 5.74) is 0.568. The second-order valence-corrected chi connectivity index (χ2v) is 6.41. The van der Waals surface area contributed by atoms with E-state index in [4.69, 9.17) is 9.47 Å². The van der Waals surface area contributed by atoms with E-state index in [9.17, 15) is 9.59 Å². The van der Waals surface area contributed by atoms with E-state index in [1.807, 2.05) is 4.90 Å². The summed E-state index contributed by atoms with van der Waals surface area (Å²) < 4.78 is 10.4. The number of ether oxygens (including phenoxy) is 2. The Morgan fingerprint density at radius 1 is 1.25 bits per heavy atom. The lowest BCUT2D eigenvalue weighted by molar-refractivity contribution is -0.136. The number of anilines is 1. The molecule has 0 radical (unpaired) electrons. The molecule has 0 aromatic heterocycles. The fourth-order valence-electron chi connectivity index (χ4n) is 3.05. The third-order valence-corrected chi connectivity index (χ3v) is 3.94. The summed E-state index contributed by atoms with van der Waals surface area (Å²) in [5.74, 6) is 1.58. The number of likely N-dealkylation sites (tertiary alicyclic amines) is 1. The van der Waals surface area contributed by atoms with Crippen LogP contribution in [-0.2, 0) is 9.53 Å². The molecule has 2 rings (SSSR count). The Bertz CT molecular complexity index is 566. The maximum absolute atomic E-state index is 12.3. The van der Waals surface area contributed by atoms with Gasteiger partial charge in [-0.2, -0.15) is 0 Å². The molecule has 1 fully saturated rings. The van der Waals surface area contributed by atoms with Crippen molar-refractivity contribution in [3.8, 4) is 5.75 Å². The molecule has 6 nitrogen and oxygen atoms in total. The molecule has 6 heteroatoms. The molecular formula is C18H26N2O4. The predicted molar refractivity (Wildman–Crippen MR) is 92.1 cm³/mol. The summed E-state index contributed by atoms with van der Waals surface area (Å²) in [7, 11) is 0. The van der Waals surface area contributed by atoms with Crippen LogP contribution in [0.1, 0.15) is 27.2 Å². The zero-order valence-electron chi connectivity index (χ0n) is 14.6. The zero-order valence-corrected chi connectivity index (χ0v) is 14.6. The lowest BCUT2D eigenvalue weighted by Gasteiger charge is -2.34. The van der Waals surface area contributed by atoms with Crippen LogP contribution in [0, 0.1) is 11.8 Å². The number of benzene rings is 1. The quantitative estimate of drug-likeness (QED) is 0.898. The molecule has 2 atom stereocenters. The van der Waals surface area contributed by atoms with Gasteiger partial charge in [-0.3, -0.25) is 10.1 Å². The highest BCUT2D eigenvalue weighted by Gasteiger charge is 2.25. The van der Waals surface area contributed by atoms with Gasteiger partial charge in [-0.1, -0.05) is 19.9 Å². The topological polar surface area (TPSA) is 67.9 Å². The number of carbonyl (C=O) groups excluding carboxylic acids is 2. The first-order valence-electron chi connectivity index (χ1n) is 8.42. The Kier molecular flexibility index (Phi) is 6.46. The molecule has 1 aliphatic heterocycles. The standard InChI is InChI=1S/C18H26N2O4/c1-4-23-18(22)19-15-6-5-7-16(9-15)24-12-17(21)20-10-13(2)8-14(3)11-20/h5-7,9,13-14H,4,8,10-12H2,1-3H3,(H,19,22). The SMILES string of the molecule is CCOC(=O)Nc1cccc(OCC(=O)N2CC(C)CC(C)C2)c1. The first-order valence-corrected chi connectivity index (χ1v) is 8.42. The van der Waals surface area contributed by atoms with Gasteiger partial charge in [0.2, 0.25) is 0 Å². The van der Waals surface area contributed by atoms with E-state index in [0.717, 1.165) is 19.5 Å². The van der Waals surface area contributed by atoms with Gasteiger partial charge < -0.3 is 14.4 Å². The minimum absolute atomic E-state index is 0.00228. The van der Waals surface area contributed by atoms with Gasteiger partial charge in [-0.25, -0.2) is 4.79 Å². The predicted octanol–water partition coefficient (Wildman–Crippen LogP) is 3.14. The number of nitrogens with zero attached hydrogens (tertiary/aromatic N) is 1. The van der Waals surface area contributed by atoms with Gasteiger partial charge in [-0.15, -0.1) is 0 Å². The zero-order chi connectivity index (χ0) is 17.5. The number of nitrogens with one attached hydrogen (secondary N) is 1. The summed E-state index contributed by atoms with van der Waals surface area (Å²) in [6.45, 7) is 7.97. The van der Waals surface area contributed by atoms with Gasteiger partial charge in [0.1, 0.15) is 5.75 Å². The molecule has 2 unspecified atom stereocenters. The number of piperidine rings is 1. The number of hydrogen-bond donors (Lipinski definition) is 1. The Morgan fingerprint density at radius 2 is 1.96 bits per heavy atom. The van der Waals surface area contributed by atoms with E-state index in [2.05, 4.69) is 19.2 Å². The van der Waals surface area contributed by atoms with Gasteiger partial charge in [0.25, 0.3) is 5.91 Å². The average molecular weight is 334 g/mol. The normalized spacial score (nSPS) is 20.4. The summed E-state index contributed by atoms with van der Waals surface area (Å²) in [6.07, 6.45) is 0.647. The highest BCUT2D eigenvalue weighted by Crippen LogP contribution is 2.22. The number of rotatable bonds is 5. The summed E-state index contributed by atoms with van der Waals surface area (Å²) in [5, 5.41) is 2.61. The molecule has 1 aromatic rings. The first kappa shape index (κ1) is 18.1. The Morgan fingerprint density at radius 3 is 2.62 bits per heavy atom. The molecule has 0 saturated carbocycles. The Balaban J connectivity index is 1.87. The fraction of sp³-hybridized carbons (Fsp3) is 0.556. The lowest BCUT2D eigenvalue weighted by atomic mass is 9.92. The summed E-state index contributed by atoms with van der Waals surface area (Å²) >= 11 is 0.